The van der Waals surface area contributed by atoms with Crippen molar-refractivity contribution in [3.8, 4) is 10.4 Å². The minimum absolute atomic E-state index is 0.866. The molecule has 2 aromatic carbocycles. The highest BCUT2D eigenvalue weighted by atomic mass is 32.1. The van der Waals surface area contributed by atoms with Crippen LogP contribution in [0.5, 0.6) is 0 Å². The van der Waals surface area contributed by atoms with Gasteiger partial charge in [0, 0.05) is 0 Å². The van der Waals surface area contributed by atoms with E-state index < -0.39 is 0 Å². The van der Waals surface area contributed by atoms with Gasteiger partial charge >= 0.3 is 0 Å². The molecule has 0 saturated carbocycles. The van der Waals surface area contributed by atoms with Gasteiger partial charge in [0.1, 0.15) is 0 Å². The number of aryl methyl sites for hydroxylation is 1. The van der Waals surface area contributed by atoms with Crippen LogP contribution in [0.25, 0.3) is 10.4 Å². The molecule has 0 aliphatic carbocycles. The smallest absolute Gasteiger partial charge is 0.202 e. The van der Waals surface area contributed by atoms with Crippen LogP contribution in [-0.2, 0) is 0 Å². The van der Waals surface area contributed by atoms with Crippen molar-refractivity contribution in [1.29, 1.82) is 0 Å². The summed E-state index contributed by atoms with van der Waals surface area (Å²) in [6.45, 7) is 2.03. The molecule has 0 amide bonds. The first-order valence-corrected chi connectivity index (χ1v) is 7.24. The molecule has 1 aromatic heterocycles. The van der Waals surface area contributed by atoms with E-state index in [1.807, 2.05) is 55.5 Å². The molecule has 3 nitrogen and oxygen atoms in total. The van der Waals surface area contributed by atoms with Crippen LogP contribution >= 0.6 is 11.3 Å². The molecule has 4 heteroatoms. The zero-order chi connectivity index (χ0) is 13.8. The second kappa shape index (κ2) is 5.75. The number of anilines is 2. The summed E-state index contributed by atoms with van der Waals surface area (Å²) < 4.78 is 0. The first-order valence-electron chi connectivity index (χ1n) is 6.43. The third kappa shape index (κ3) is 2.81. The predicted octanol–water partition coefficient (Wildman–Crippen LogP) is 4.56. The highest BCUT2D eigenvalue weighted by Gasteiger charge is 2.08. The highest BCUT2D eigenvalue weighted by molar-refractivity contribution is 7.19. The maximum absolute atomic E-state index is 4.55. The van der Waals surface area contributed by atoms with Crippen LogP contribution in [0.15, 0.2) is 60.7 Å². The maximum atomic E-state index is 4.55. The minimum atomic E-state index is 0.866. The van der Waals surface area contributed by atoms with Crippen molar-refractivity contribution >= 4 is 22.2 Å². The van der Waals surface area contributed by atoms with Gasteiger partial charge in [-0.1, -0.05) is 59.9 Å². The van der Waals surface area contributed by atoms with E-state index in [1.54, 1.807) is 11.3 Å². The van der Waals surface area contributed by atoms with E-state index in [0.29, 0.717) is 0 Å². The molecule has 100 valence electrons. The topological polar surface area (TPSA) is 37.0 Å². The second-order valence-corrected chi connectivity index (χ2v) is 5.41. The van der Waals surface area contributed by atoms with Gasteiger partial charge < -0.3 is 0 Å². The molecule has 3 rings (SSSR count). The first kappa shape index (κ1) is 12.7. The Hall–Kier alpha value is -2.33. The number of aromatic nitrogens is 1. The Bertz CT molecular complexity index is 677. The Labute approximate surface area is 122 Å². The molecule has 0 aliphatic heterocycles. The Kier molecular flexibility index (Phi) is 3.65. The van der Waals surface area contributed by atoms with Crippen molar-refractivity contribution < 1.29 is 0 Å². The van der Waals surface area contributed by atoms with Crippen LogP contribution < -0.4 is 10.9 Å². The van der Waals surface area contributed by atoms with E-state index in [1.165, 1.54) is 10.4 Å². The molecule has 20 heavy (non-hydrogen) atoms. The first-order chi connectivity index (χ1) is 9.83. The molecule has 1 heterocycles. The molecule has 0 spiro atoms. The number of hydrazine groups is 1. The van der Waals surface area contributed by atoms with Crippen molar-refractivity contribution in [2.75, 3.05) is 10.9 Å². The van der Waals surface area contributed by atoms with Crippen molar-refractivity contribution in [2.24, 2.45) is 0 Å². The van der Waals surface area contributed by atoms with E-state index in [2.05, 4.69) is 28.0 Å². The Morgan fingerprint density at radius 1 is 0.850 bits per heavy atom. The molecular weight excluding hydrogens is 266 g/mol. The molecule has 0 saturated heterocycles. The van der Waals surface area contributed by atoms with Gasteiger partial charge in [0.05, 0.1) is 16.3 Å². The zero-order valence-corrected chi connectivity index (χ0v) is 11.9. The lowest BCUT2D eigenvalue weighted by molar-refractivity contribution is 1.24. The quantitative estimate of drug-likeness (QED) is 0.688. The summed E-state index contributed by atoms with van der Waals surface area (Å²) >= 11 is 1.65. The number of hydrogen-bond donors (Lipinski definition) is 2. The lowest BCUT2D eigenvalue weighted by atomic mass is 10.2. The molecule has 0 unspecified atom stereocenters. The monoisotopic (exact) mass is 281 g/mol. The SMILES string of the molecule is Cc1nc(NNc2ccccc2)sc1-c1ccccc1. The van der Waals surface area contributed by atoms with E-state index in [-0.39, 0.29) is 0 Å². The third-order valence-corrected chi connectivity index (χ3v) is 4.04. The van der Waals surface area contributed by atoms with E-state index in [9.17, 15) is 0 Å². The molecule has 3 aromatic rings. The summed E-state index contributed by atoms with van der Waals surface area (Å²) in [6, 6.07) is 20.3. The number of nitrogens with one attached hydrogen (secondary N) is 2. The zero-order valence-electron chi connectivity index (χ0n) is 11.1. The van der Waals surface area contributed by atoms with Gasteiger partial charge in [-0.25, -0.2) is 4.98 Å². The fourth-order valence-corrected chi connectivity index (χ4v) is 2.88. The predicted molar refractivity (Wildman–Crippen MR) is 86.0 cm³/mol. The molecule has 0 aliphatic rings. The van der Waals surface area contributed by atoms with Crippen molar-refractivity contribution in [1.82, 2.24) is 4.98 Å². The van der Waals surface area contributed by atoms with Crippen molar-refractivity contribution in [2.45, 2.75) is 6.92 Å². The fourth-order valence-electron chi connectivity index (χ4n) is 1.95. The summed E-state index contributed by atoms with van der Waals surface area (Å²) in [5, 5.41) is 0.866. The van der Waals surface area contributed by atoms with Gasteiger partial charge in [-0.05, 0) is 24.6 Å². The molecule has 2 N–H and O–H groups in total. The van der Waals surface area contributed by atoms with E-state index in [0.717, 1.165) is 16.5 Å². The lowest BCUT2D eigenvalue weighted by Gasteiger charge is -2.05. The van der Waals surface area contributed by atoms with Gasteiger partial charge in [0.15, 0.2) is 0 Å². The Balaban J connectivity index is 1.76. The number of hydrogen-bond acceptors (Lipinski definition) is 4. The second-order valence-electron chi connectivity index (χ2n) is 4.42. The summed E-state index contributed by atoms with van der Waals surface area (Å²) in [6.07, 6.45) is 0. The summed E-state index contributed by atoms with van der Waals surface area (Å²) in [4.78, 5) is 5.74. The molecule has 0 bridgehead atoms. The third-order valence-electron chi connectivity index (χ3n) is 2.92. The lowest BCUT2D eigenvalue weighted by Crippen LogP contribution is -2.07. The Morgan fingerprint density at radius 2 is 1.50 bits per heavy atom. The molecule has 0 radical (unpaired) electrons. The fraction of sp³-hybridized carbons (Fsp3) is 0.0625. The van der Waals surface area contributed by atoms with E-state index >= 15 is 0 Å². The average molecular weight is 281 g/mol. The molecule has 0 fully saturated rings. The average Bonchev–Trinajstić information content (AvgIpc) is 2.88. The van der Waals surface area contributed by atoms with Gasteiger partial charge in [0.2, 0.25) is 5.13 Å². The van der Waals surface area contributed by atoms with Gasteiger partial charge in [-0.2, -0.15) is 0 Å². The summed E-state index contributed by atoms with van der Waals surface area (Å²) in [5.74, 6) is 0. The number of benzene rings is 2. The normalized spacial score (nSPS) is 10.2. The van der Waals surface area contributed by atoms with Crippen LogP contribution in [-0.4, -0.2) is 4.98 Å². The van der Waals surface area contributed by atoms with Crippen LogP contribution in [0, 0.1) is 6.92 Å². The van der Waals surface area contributed by atoms with Crippen LogP contribution in [0.2, 0.25) is 0 Å². The molecular formula is C16H15N3S. The van der Waals surface area contributed by atoms with Crippen LogP contribution in [0.3, 0.4) is 0 Å². The largest absolute Gasteiger partial charge is 0.299 e. The van der Waals surface area contributed by atoms with Gasteiger partial charge in [-0.3, -0.25) is 10.9 Å². The number of thiazole rings is 1. The number of nitrogens with zero attached hydrogens (tertiary/aromatic N) is 1. The van der Waals surface area contributed by atoms with Crippen LogP contribution in [0.1, 0.15) is 5.69 Å². The van der Waals surface area contributed by atoms with E-state index in [4.69, 9.17) is 0 Å². The Morgan fingerprint density at radius 3 is 2.20 bits per heavy atom. The van der Waals surface area contributed by atoms with Crippen molar-refractivity contribution in [3.05, 3.63) is 66.4 Å². The maximum Gasteiger partial charge on any atom is 0.202 e. The summed E-state index contributed by atoms with van der Waals surface area (Å²) in [5.41, 5.74) is 9.56. The van der Waals surface area contributed by atoms with Crippen LogP contribution in [0.4, 0.5) is 10.8 Å². The van der Waals surface area contributed by atoms with Crippen molar-refractivity contribution in [3.63, 3.8) is 0 Å². The standard InChI is InChI=1S/C16H15N3S/c1-12-15(13-8-4-2-5-9-13)20-16(17-12)19-18-14-10-6-3-7-11-14/h2-11,18H,1H3,(H,17,19). The van der Waals surface area contributed by atoms with Gasteiger partial charge in [0.25, 0.3) is 0 Å². The molecule has 0 atom stereocenters. The highest BCUT2D eigenvalue weighted by Crippen LogP contribution is 2.32. The van der Waals surface area contributed by atoms with Gasteiger partial charge in [-0.15, -0.1) is 0 Å². The minimum Gasteiger partial charge on any atom is -0.299 e. The summed E-state index contributed by atoms with van der Waals surface area (Å²) in [7, 11) is 0. The number of rotatable bonds is 4. The number of para-hydroxylation sites is 1.